The number of amides is 2. The highest BCUT2D eigenvalue weighted by Gasteiger charge is 2.38. The summed E-state index contributed by atoms with van der Waals surface area (Å²) in [4.78, 5) is 27.0. The Hall–Kier alpha value is -1.36. The lowest BCUT2D eigenvalue weighted by molar-refractivity contribution is -0.148. The van der Waals surface area contributed by atoms with E-state index in [2.05, 4.69) is 16.8 Å². The number of hydrogen-bond donors (Lipinski definition) is 1. The highest BCUT2D eigenvalue weighted by Crippen LogP contribution is 2.38. The zero-order valence-electron chi connectivity index (χ0n) is 10.3. The molecule has 1 aromatic rings. The van der Waals surface area contributed by atoms with Gasteiger partial charge in [-0.05, 0) is 43.2 Å². The molecule has 0 aromatic carbocycles. The number of piperazine rings is 1. The summed E-state index contributed by atoms with van der Waals surface area (Å²) in [6, 6.07) is 1.84. The van der Waals surface area contributed by atoms with Crippen LogP contribution >= 0.6 is 11.3 Å². The molecular formula is C13H16N2O2S. The van der Waals surface area contributed by atoms with Gasteiger partial charge in [0.15, 0.2) is 0 Å². The molecule has 2 aliphatic rings. The molecule has 3 rings (SSSR count). The van der Waals surface area contributed by atoms with E-state index in [0.29, 0.717) is 0 Å². The summed E-state index contributed by atoms with van der Waals surface area (Å²) in [6.07, 6.45) is 3.16. The number of carbonyl (C=O) groups is 2. The molecule has 0 bridgehead atoms. The maximum absolute atomic E-state index is 12.1. The molecule has 5 heteroatoms. The Bertz CT molecular complexity index is 497. The van der Waals surface area contributed by atoms with Gasteiger partial charge in [-0.3, -0.25) is 9.59 Å². The van der Waals surface area contributed by atoms with Crippen LogP contribution in [0.4, 0.5) is 0 Å². The molecule has 1 N–H and O–H groups in total. The second-order valence-electron chi connectivity index (χ2n) is 4.90. The van der Waals surface area contributed by atoms with Crippen molar-refractivity contribution >= 4 is 23.2 Å². The molecule has 4 nitrogen and oxygen atoms in total. The van der Waals surface area contributed by atoms with Gasteiger partial charge in [-0.1, -0.05) is 0 Å². The topological polar surface area (TPSA) is 49.4 Å². The van der Waals surface area contributed by atoms with Gasteiger partial charge in [-0.2, -0.15) is 0 Å². The number of hydrogen-bond acceptors (Lipinski definition) is 3. The van der Waals surface area contributed by atoms with Crippen molar-refractivity contribution in [1.29, 1.82) is 0 Å². The molecule has 96 valence electrons. The molecule has 18 heavy (non-hydrogen) atoms. The SMILES string of the molecule is CC1C(=O)NCC(=O)N1C1CCCc2sccc21. The Morgan fingerprint density at radius 3 is 3.11 bits per heavy atom. The summed E-state index contributed by atoms with van der Waals surface area (Å²) in [5.74, 6) is -0.0110. The van der Waals surface area contributed by atoms with E-state index in [1.54, 1.807) is 16.2 Å². The predicted molar refractivity (Wildman–Crippen MR) is 69.3 cm³/mol. The monoisotopic (exact) mass is 264 g/mol. The summed E-state index contributed by atoms with van der Waals surface area (Å²) >= 11 is 1.76. The summed E-state index contributed by atoms with van der Waals surface area (Å²) in [5.41, 5.74) is 1.25. The van der Waals surface area contributed by atoms with Gasteiger partial charge >= 0.3 is 0 Å². The first-order valence-corrected chi connectivity index (χ1v) is 7.21. The zero-order valence-corrected chi connectivity index (χ0v) is 11.1. The average Bonchev–Trinajstić information content (AvgIpc) is 2.83. The number of nitrogens with one attached hydrogen (secondary N) is 1. The molecule has 1 saturated heterocycles. The number of thiophene rings is 1. The highest BCUT2D eigenvalue weighted by atomic mass is 32.1. The lowest BCUT2D eigenvalue weighted by Gasteiger charge is -2.40. The molecule has 1 aliphatic carbocycles. The number of aryl methyl sites for hydroxylation is 1. The highest BCUT2D eigenvalue weighted by molar-refractivity contribution is 7.10. The van der Waals surface area contributed by atoms with Gasteiger partial charge in [-0.25, -0.2) is 0 Å². The summed E-state index contributed by atoms with van der Waals surface area (Å²) in [7, 11) is 0. The minimum Gasteiger partial charge on any atom is -0.345 e. The molecule has 1 fully saturated rings. The average molecular weight is 264 g/mol. The van der Waals surface area contributed by atoms with Gasteiger partial charge in [0.1, 0.15) is 6.04 Å². The van der Waals surface area contributed by atoms with Crippen molar-refractivity contribution in [2.75, 3.05) is 6.54 Å². The first-order valence-electron chi connectivity index (χ1n) is 6.33. The van der Waals surface area contributed by atoms with Crippen molar-refractivity contribution in [2.24, 2.45) is 0 Å². The molecule has 0 saturated carbocycles. The fourth-order valence-electron chi connectivity index (χ4n) is 2.94. The number of nitrogens with zero attached hydrogens (tertiary/aromatic N) is 1. The van der Waals surface area contributed by atoms with E-state index in [1.807, 2.05) is 6.92 Å². The largest absolute Gasteiger partial charge is 0.345 e. The predicted octanol–water partition coefficient (Wildman–Crippen LogP) is 1.47. The van der Waals surface area contributed by atoms with Gasteiger partial charge in [0.2, 0.25) is 11.8 Å². The fraction of sp³-hybridized carbons (Fsp3) is 0.538. The Balaban J connectivity index is 1.95. The van der Waals surface area contributed by atoms with Crippen LogP contribution in [0.25, 0.3) is 0 Å². The molecule has 1 aliphatic heterocycles. The molecule has 0 radical (unpaired) electrons. The van der Waals surface area contributed by atoms with E-state index < -0.39 is 0 Å². The quantitative estimate of drug-likeness (QED) is 0.835. The van der Waals surface area contributed by atoms with Gasteiger partial charge < -0.3 is 10.2 Å². The van der Waals surface area contributed by atoms with Crippen molar-refractivity contribution in [3.8, 4) is 0 Å². The Morgan fingerprint density at radius 1 is 1.44 bits per heavy atom. The first kappa shape index (κ1) is 11.7. The number of carbonyl (C=O) groups excluding carboxylic acids is 2. The van der Waals surface area contributed by atoms with Crippen molar-refractivity contribution in [3.05, 3.63) is 21.9 Å². The summed E-state index contributed by atoms with van der Waals surface area (Å²) in [5, 5.41) is 4.73. The van der Waals surface area contributed by atoms with Gasteiger partial charge in [-0.15, -0.1) is 11.3 Å². The molecule has 2 unspecified atom stereocenters. The third kappa shape index (κ3) is 1.73. The Labute approximate surface area is 110 Å². The smallest absolute Gasteiger partial charge is 0.243 e. The van der Waals surface area contributed by atoms with Gasteiger partial charge in [0, 0.05) is 4.88 Å². The molecule has 1 aromatic heterocycles. The third-order valence-corrected chi connectivity index (χ3v) is 4.85. The van der Waals surface area contributed by atoms with Crippen LogP contribution in [0.5, 0.6) is 0 Å². The van der Waals surface area contributed by atoms with E-state index in [-0.39, 0.29) is 30.4 Å². The van der Waals surface area contributed by atoms with E-state index in [4.69, 9.17) is 0 Å². The summed E-state index contributed by atoms with van der Waals surface area (Å²) < 4.78 is 0. The minimum absolute atomic E-state index is 0.0335. The standard InChI is InChI=1S/C13H16N2O2S/c1-8-13(17)14-7-12(16)15(8)10-3-2-4-11-9(10)5-6-18-11/h5-6,8,10H,2-4,7H2,1H3,(H,14,17). The maximum atomic E-state index is 12.1. The Kier molecular flexibility index (Phi) is 2.86. The lowest BCUT2D eigenvalue weighted by Crippen LogP contribution is -2.58. The zero-order chi connectivity index (χ0) is 12.7. The Morgan fingerprint density at radius 2 is 2.28 bits per heavy atom. The minimum atomic E-state index is -0.359. The van der Waals surface area contributed by atoms with Crippen molar-refractivity contribution in [2.45, 2.75) is 38.3 Å². The normalized spacial score (nSPS) is 27.9. The van der Waals surface area contributed by atoms with Crippen LogP contribution < -0.4 is 5.32 Å². The second-order valence-corrected chi connectivity index (χ2v) is 5.90. The van der Waals surface area contributed by atoms with Crippen molar-refractivity contribution < 1.29 is 9.59 Å². The second kappa shape index (κ2) is 4.39. The van der Waals surface area contributed by atoms with E-state index in [9.17, 15) is 9.59 Å². The number of rotatable bonds is 1. The van der Waals surface area contributed by atoms with E-state index in [1.165, 1.54) is 10.4 Å². The lowest BCUT2D eigenvalue weighted by atomic mass is 9.91. The fourth-order valence-corrected chi connectivity index (χ4v) is 3.92. The van der Waals surface area contributed by atoms with Gasteiger partial charge in [0.25, 0.3) is 0 Å². The van der Waals surface area contributed by atoms with Crippen LogP contribution in [-0.4, -0.2) is 29.3 Å². The van der Waals surface area contributed by atoms with Crippen molar-refractivity contribution in [1.82, 2.24) is 10.2 Å². The summed E-state index contributed by atoms with van der Waals surface area (Å²) in [6.45, 7) is 1.95. The van der Waals surface area contributed by atoms with Crippen LogP contribution in [0.2, 0.25) is 0 Å². The van der Waals surface area contributed by atoms with Crippen LogP contribution in [0.3, 0.4) is 0 Å². The van der Waals surface area contributed by atoms with Crippen LogP contribution in [-0.2, 0) is 16.0 Å². The van der Waals surface area contributed by atoms with Gasteiger partial charge in [0.05, 0.1) is 12.6 Å². The third-order valence-electron chi connectivity index (χ3n) is 3.85. The maximum Gasteiger partial charge on any atom is 0.243 e. The molecular weight excluding hydrogens is 248 g/mol. The van der Waals surface area contributed by atoms with Crippen molar-refractivity contribution in [3.63, 3.8) is 0 Å². The van der Waals surface area contributed by atoms with Crippen LogP contribution in [0.1, 0.15) is 36.2 Å². The number of fused-ring (bicyclic) bond motifs is 1. The molecule has 2 atom stereocenters. The van der Waals surface area contributed by atoms with Crippen LogP contribution in [0.15, 0.2) is 11.4 Å². The molecule has 0 spiro atoms. The first-order chi connectivity index (χ1) is 8.68. The van der Waals surface area contributed by atoms with E-state index in [0.717, 1.165) is 19.3 Å². The molecule has 2 amide bonds. The van der Waals surface area contributed by atoms with Crippen LogP contribution in [0, 0.1) is 0 Å². The van der Waals surface area contributed by atoms with E-state index >= 15 is 0 Å². The molecule has 2 heterocycles.